The van der Waals surface area contributed by atoms with Crippen LogP contribution in [0.25, 0.3) is 0 Å². The minimum atomic E-state index is -1.22. The van der Waals surface area contributed by atoms with E-state index in [9.17, 15) is 24.0 Å². The molecule has 0 rings (SSSR count). The Morgan fingerprint density at radius 3 is 2.00 bits per heavy atom. The molecule has 11 nitrogen and oxygen atoms in total. The Labute approximate surface area is 182 Å². The van der Waals surface area contributed by atoms with E-state index in [-0.39, 0.29) is 53.0 Å². The van der Waals surface area contributed by atoms with Crippen LogP contribution in [0.4, 0.5) is 0 Å². The van der Waals surface area contributed by atoms with Gasteiger partial charge in [0.05, 0.1) is 0 Å². The average Bonchev–Trinajstić information content (AvgIpc) is 2.55. The zero-order valence-corrected chi connectivity index (χ0v) is 15.7. The molecule has 0 bridgehead atoms. The molecule has 0 aliphatic carbocycles. The second-order valence-electron chi connectivity index (χ2n) is 4.50. The van der Waals surface area contributed by atoms with Crippen LogP contribution in [0, 0.1) is 0 Å². The van der Waals surface area contributed by atoms with Crippen LogP contribution < -0.4 is 22.1 Å². The smallest absolute Gasteiger partial charge is 0.322 e. The molecule has 0 aliphatic rings. The van der Waals surface area contributed by atoms with E-state index in [2.05, 4.69) is 35.6 Å². The minimum Gasteiger partial charge on any atom is -0.480 e. The number of carbonyl (C=O) groups is 5. The van der Waals surface area contributed by atoms with E-state index in [1.807, 2.05) is 0 Å². The second-order valence-corrected chi connectivity index (χ2v) is 4.87. The summed E-state index contributed by atoms with van der Waals surface area (Å²) in [6.45, 7) is 2.52. The number of hydrogen-bond acceptors (Lipinski definition) is 7. The Balaban J connectivity index is -0.000000333. The molecule has 0 fully saturated rings. The number of thiol groups is 1. The summed E-state index contributed by atoms with van der Waals surface area (Å²) in [6, 6.07) is -2.15. The summed E-state index contributed by atoms with van der Waals surface area (Å²) in [5.41, 5.74) is 9.76. The first-order valence-corrected chi connectivity index (χ1v) is 7.48. The van der Waals surface area contributed by atoms with E-state index in [1.165, 1.54) is 0 Å². The molecule has 2 atom stereocenters. The summed E-state index contributed by atoms with van der Waals surface area (Å²) in [5.74, 6) is -4.19. The maximum atomic E-state index is 11.5. The molecule has 14 heteroatoms. The fourth-order valence-corrected chi connectivity index (χ4v) is 1.41. The van der Waals surface area contributed by atoms with Crippen LogP contribution in [0.1, 0.15) is 12.8 Å². The van der Waals surface area contributed by atoms with Crippen LogP contribution in [0.3, 0.4) is 0 Å². The number of nitrogens with one attached hydrogen (secondary N) is 2. The van der Waals surface area contributed by atoms with Crippen LogP contribution in [-0.4, -0.2) is 81.6 Å². The molecule has 0 saturated heterocycles. The van der Waals surface area contributed by atoms with Crippen LogP contribution in [0.5, 0.6) is 0 Å². The van der Waals surface area contributed by atoms with E-state index in [0.717, 1.165) is 6.08 Å². The monoisotopic (exact) mass is 464 g/mol. The molecular weight excluding hydrogens is 439 g/mol. The van der Waals surface area contributed by atoms with Gasteiger partial charge in [0.25, 0.3) is 0 Å². The molecule has 0 aromatic heterocycles. The van der Waals surface area contributed by atoms with Gasteiger partial charge in [0, 0.05) is 29.2 Å². The number of rotatable bonds is 10. The predicted octanol–water partition coefficient (Wildman–Crippen LogP) is -3.73. The number of primary amides is 1. The molecule has 0 radical (unpaired) electrons. The van der Waals surface area contributed by atoms with Crippen molar-refractivity contribution in [1.29, 1.82) is 0 Å². The van der Waals surface area contributed by atoms with Crippen molar-refractivity contribution in [2.45, 2.75) is 24.9 Å². The van der Waals surface area contributed by atoms with Crippen molar-refractivity contribution in [3.8, 4) is 0 Å². The molecule has 0 aliphatic heterocycles. The fourth-order valence-electron chi connectivity index (χ4n) is 1.16. The Kier molecular flexibility index (Phi) is 23.5. The number of carboxylic acids is 2. The largest absolute Gasteiger partial charge is 0.480 e. The van der Waals surface area contributed by atoms with Crippen molar-refractivity contribution < 1.29 is 51.3 Å². The third kappa shape index (κ3) is 20.6. The first-order valence-electron chi connectivity index (χ1n) is 6.85. The predicted molar refractivity (Wildman–Crippen MR) is 101 cm³/mol. The van der Waals surface area contributed by atoms with E-state index in [1.54, 1.807) is 0 Å². The number of carboxylic acid groups (broad SMARTS) is 2. The summed E-state index contributed by atoms with van der Waals surface area (Å²) in [5, 5.41) is 21.4. The maximum absolute atomic E-state index is 11.5. The third-order valence-electron chi connectivity index (χ3n) is 2.45. The Morgan fingerprint density at radius 1 is 1.19 bits per heavy atom. The van der Waals surface area contributed by atoms with Crippen LogP contribution in [0.15, 0.2) is 12.7 Å². The van der Waals surface area contributed by atoms with Gasteiger partial charge in [-0.3, -0.25) is 24.0 Å². The number of aliphatic carboxylic acids is 2. The molecule has 0 spiro atoms. The average molecular weight is 464 g/mol. The molecule has 0 heterocycles. The Hall–Kier alpha value is -1.55. The maximum Gasteiger partial charge on any atom is 0.322 e. The summed E-state index contributed by atoms with van der Waals surface area (Å²) < 4.78 is 0. The van der Waals surface area contributed by atoms with Crippen molar-refractivity contribution in [2.24, 2.45) is 11.5 Å². The van der Waals surface area contributed by atoms with Crippen molar-refractivity contribution in [2.75, 3.05) is 12.3 Å². The van der Waals surface area contributed by atoms with Gasteiger partial charge in [0.1, 0.15) is 18.6 Å². The van der Waals surface area contributed by atoms with Crippen molar-refractivity contribution in [3.05, 3.63) is 12.7 Å². The normalized spacial score (nSPS) is 10.9. The van der Waals surface area contributed by atoms with Gasteiger partial charge in [0.15, 0.2) is 17.4 Å². The fraction of sp³-hybridized carbons (Fsp3) is 0.462. The van der Waals surface area contributed by atoms with E-state index in [4.69, 9.17) is 15.9 Å². The first-order chi connectivity index (χ1) is 11.5. The van der Waals surface area contributed by atoms with E-state index in [0.29, 0.717) is 0 Å². The third-order valence-corrected chi connectivity index (χ3v) is 2.81. The van der Waals surface area contributed by atoms with Gasteiger partial charge in [-0.15, -0.1) is 0 Å². The van der Waals surface area contributed by atoms with Crippen LogP contribution >= 0.6 is 12.6 Å². The second kappa shape index (κ2) is 19.2. The number of hydrogen-bond donors (Lipinski definition) is 7. The molecule has 3 amide bonds. The van der Waals surface area contributed by atoms with Gasteiger partial charge in [-0.25, -0.2) is 0 Å². The van der Waals surface area contributed by atoms with Crippen molar-refractivity contribution >= 4 is 59.7 Å². The van der Waals surface area contributed by atoms with E-state index >= 15 is 0 Å². The molecule has 0 aromatic carbocycles. The number of amides is 3. The minimum absolute atomic E-state index is 0. The Bertz CT molecular complexity index is 525. The molecule has 0 aromatic rings. The molecule has 27 heavy (non-hydrogen) atoms. The Morgan fingerprint density at radius 2 is 1.67 bits per heavy atom. The van der Waals surface area contributed by atoms with Crippen LogP contribution in [0.2, 0.25) is 0 Å². The van der Waals surface area contributed by atoms with E-state index < -0.39 is 48.3 Å². The van der Waals surface area contributed by atoms with Gasteiger partial charge in [-0.05, 0) is 12.5 Å². The summed E-state index contributed by atoms with van der Waals surface area (Å²) in [4.78, 5) is 53.2. The first kappa shape index (κ1) is 33.1. The zero-order valence-electron chi connectivity index (χ0n) is 13.7. The van der Waals surface area contributed by atoms with Crippen molar-refractivity contribution in [1.82, 2.24) is 10.6 Å². The van der Waals surface area contributed by atoms with Gasteiger partial charge in [-0.2, -0.15) is 12.6 Å². The van der Waals surface area contributed by atoms with Gasteiger partial charge in [-0.1, -0.05) is 6.58 Å². The molecular formula is C13H25AlFeN4O7S. The topological polar surface area (TPSA) is 202 Å². The molecule has 156 valence electrons. The standard InChI is InChI=1S/C10H17N3O6S.C3H5NO.Al.Fe.3H/c11-5(10(18)19)1-2-7(14)13-6(4-20)9(17)12-3-8(15)16;1-2-3(4)5;;;;;/h5-6,20H,1-4,11H2,(H,12,17)(H,13,14)(H,15,16)(H,18,19);2H,1H2,(H2,4,5);;;;;. The van der Waals surface area contributed by atoms with Crippen molar-refractivity contribution in [3.63, 3.8) is 0 Å². The van der Waals surface area contributed by atoms with Gasteiger partial charge >= 0.3 is 11.9 Å². The number of carbonyl (C=O) groups excluding carboxylic acids is 3. The summed E-state index contributed by atoms with van der Waals surface area (Å²) in [7, 11) is 0. The molecule has 2 unspecified atom stereocenters. The molecule has 0 saturated carbocycles. The van der Waals surface area contributed by atoms with Crippen LogP contribution in [-0.2, 0) is 41.0 Å². The zero-order chi connectivity index (χ0) is 20.0. The number of nitrogens with two attached hydrogens (primary N) is 2. The quantitative estimate of drug-likeness (QED) is 0.0971. The van der Waals surface area contributed by atoms with Gasteiger partial charge < -0.3 is 32.3 Å². The summed E-state index contributed by atoms with van der Waals surface area (Å²) >= 11 is 3.87. The SMILES string of the molecule is C=CC(N)=O.NC(CCC(=O)NC(CS)C(=O)NCC(=O)O)C(=O)O.[AlH3].[Fe]. The summed E-state index contributed by atoms with van der Waals surface area (Å²) in [6.07, 6.45) is 0.821. The van der Waals surface area contributed by atoms with Gasteiger partial charge in [0.2, 0.25) is 17.7 Å². The molecule has 8 N–H and O–H groups in total.